The topological polar surface area (TPSA) is 63.4 Å². The molecule has 1 aromatic carbocycles. The van der Waals surface area contributed by atoms with E-state index in [-0.39, 0.29) is 12.1 Å². The maximum Gasteiger partial charge on any atom is 0.244 e. The van der Waals surface area contributed by atoms with Crippen molar-refractivity contribution in [2.75, 3.05) is 6.54 Å². The van der Waals surface area contributed by atoms with Crippen LogP contribution in [0.3, 0.4) is 0 Å². The number of benzene rings is 1. The van der Waals surface area contributed by atoms with Gasteiger partial charge in [-0.2, -0.15) is 4.31 Å². The van der Waals surface area contributed by atoms with E-state index in [1.54, 1.807) is 10.4 Å². The molecule has 2 N–H and O–H groups in total. The van der Waals surface area contributed by atoms with Gasteiger partial charge in [-0.15, -0.1) is 0 Å². The first-order valence-corrected chi connectivity index (χ1v) is 9.49. The molecule has 0 aromatic heterocycles. The average molecular weight is 426 g/mol. The van der Waals surface area contributed by atoms with E-state index in [0.717, 1.165) is 10.0 Å². The fraction of sp³-hybridized carbons (Fsp3) is 0.538. The summed E-state index contributed by atoms with van der Waals surface area (Å²) in [6.07, 6.45) is 1.40. The molecule has 0 aliphatic carbocycles. The Kier molecular flexibility index (Phi) is 4.96. The zero-order valence-corrected chi connectivity index (χ0v) is 15.4. The van der Waals surface area contributed by atoms with Crippen molar-refractivity contribution in [2.24, 2.45) is 5.73 Å². The van der Waals surface area contributed by atoms with Gasteiger partial charge in [0.1, 0.15) is 0 Å². The SMILES string of the molecule is Cc1cc(Br)c(S(=O)(=O)N2CCC(N)CC2C)cc1Br. The molecule has 7 heteroatoms. The van der Waals surface area contributed by atoms with Crippen LogP contribution in [0.25, 0.3) is 0 Å². The fourth-order valence-corrected chi connectivity index (χ4v) is 5.79. The van der Waals surface area contributed by atoms with E-state index in [4.69, 9.17) is 5.73 Å². The zero-order valence-electron chi connectivity index (χ0n) is 11.4. The predicted molar refractivity (Wildman–Crippen MR) is 87.1 cm³/mol. The first-order chi connectivity index (χ1) is 9.23. The summed E-state index contributed by atoms with van der Waals surface area (Å²) in [4.78, 5) is 0.303. The summed E-state index contributed by atoms with van der Waals surface area (Å²) in [7, 11) is -3.50. The van der Waals surface area contributed by atoms with Gasteiger partial charge in [-0.3, -0.25) is 0 Å². The number of nitrogens with two attached hydrogens (primary N) is 1. The van der Waals surface area contributed by atoms with Crippen LogP contribution in [-0.2, 0) is 10.0 Å². The Morgan fingerprint density at radius 2 is 1.95 bits per heavy atom. The van der Waals surface area contributed by atoms with Crippen LogP contribution in [0.15, 0.2) is 26.0 Å². The molecule has 2 unspecified atom stereocenters. The summed E-state index contributed by atoms with van der Waals surface area (Å²) in [5.74, 6) is 0. The van der Waals surface area contributed by atoms with Crippen molar-refractivity contribution in [3.05, 3.63) is 26.6 Å². The van der Waals surface area contributed by atoms with Gasteiger partial charge >= 0.3 is 0 Å². The summed E-state index contributed by atoms with van der Waals surface area (Å²) in [5.41, 5.74) is 6.90. The molecule has 1 heterocycles. The molecule has 2 rings (SSSR count). The van der Waals surface area contributed by atoms with Gasteiger partial charge in [0.15, 0.2) is 0 Å². The number of halogens is 2. The smallest absolute Gasteiger partial charge is 0.244 e. The molecule has 1 fully saturated rings. The highest BCUT2D eigenvalue weighted by Gasteiger charge is 2.34. The molecule has 0 spiro atoms. The van der Waals surface area contributed by atoms with Gasteiger partial charge in [0, 0.05) is 27.6 Å². The quantitative estimate of drug-likeness (QED) is 0.791. The maximum absolute atomic E-state index is 12.8. The van der Waals surface area contributed by atoms with Crippen LogP contribution in [-0.4, -0.2) is 31.4 Å². The molecule has 1 aromatic rings. The number of nitrogens with zero attached hydrogens (tertiary/aromatic N) is 1. The molecule has 1 aliphatic heterocycles. The normalized spacial score (nSPS) is 24.9. The second-order valence-electron chi connectivity index (χ2n) is 5.28. The van der Waals surface area contributed by atoms with E-state index in [1.807, 2.05) is 19.9 Å². The molecule has 1 aliphatic rings. The molecular formula is C13H18Br2N2O2S. The van der Waals surface area contributed by atoms with Gasteiger partial charge in [0.05, 0.1) is 4.90 Å². The number of sulfonamides is 1. The van der Waals surface area contributed by atoms with Crippen LogP contribution >= 0.6 is 31.9 Å². The van der Waals surface area contributed by atoms with Gasteiger partial charge in [0.25, 0.3) is 0 Å². The highest BCUT2D eigenvalue weighted by Crippen LogP contribution is 2.33. The first-order valence-electron chi connectivity index (χ1n) is 6.46. The van der Waals surface area contributed by atoms with Crippen LogP contribution in [0, 0.1) is 6.92 Å². The fourth-order valence-electron chi connectivity index (χ4n) is 2.50. The lowest BCUT2D eigenvalue weighted by molar-refractivity contribution is 0.247. The highest BCUT2D eigenvalue weighted by molar-refractivity contribution is 9.11. The van der Waals surface area contributed by atoms with E-state index in [2.05, 4.69) is 31.9 Å². The minimum atomic E-state index is -3.50. The Bertz CT molecular complexity index is 619. The second-order valence-corrected chi connectivity index (χ2v) is 8.85. The van der Waals surface area contributed by atoms with E-state index >= 15 is 0 Å². The van der Waals surface area contributed by atoms with E-state index in [1.165, 1.54) is 0 Å². The van der Waals surface area contributed by atoms with Crippen molar-refractivity contribution < 1.29 is 8.42 Å². The third-order valence-corrected chi connectivity index (χ3v) is 7.48. The van der Waals surface area contributed by atoms with Crippen LogP contribution in [0.2, 0.25) is 0 Å². The van der Waals surface area contributed by atoms with Crippen molar-refractivity contribution in [1.29, 1.82) is 0 Å². The lowest BCUT2D eigenvalue weighted by Gasteiger charge is -2.35. The Labute approximate surface area is 137 Å². The zero-order chi connectivity index (χ0) is 15.1. The minimum absolute atomic E-state index is 0.0734. The number of piperidine rings is 1. The van der Waals surface area contributed by atoms with Crippen molar-refractivity contribution in [2.45, 2.75) is 43.7 Å². The highest BCUT2D eigenvalue weighted by atomic mass is 79.9. The molecule has 0 bridgehead atoms. The molecule has 0 amide bonds. The molecular weight excluding hydrogens is 408 g/mol. The minimum Gasteiger partial charge on any atom is -0.328 e. The lowest BCUT2D eigenvalue weighted by Crippen LogP contribution is -2.48. The Morgan fingerprint density at radius 1 is 1.30 bits per heavy atom. The number of rotatable bonds is 2. The van der Waals surface area contributed by atoms with Gasteiger partial charge in [-0.25, -0.2) is 8.42 Å². The number of aryl methyl sites for hydroxylation is 1. The van der Waals surface area contributed by atoms with Gasteiger partial charge in [0.2, 0.25) is 10.0 Å². The van der Waals surface area contributed by atoms with Crippen molar-refractivity contribution >= 4 is 41.9 Å². The van der Waals surface area contributed by atoms with Gasteiger partial charge < -0.3 is 5.73 Å². The van der Waals surface area contributed by atoms with Crippen LogP contribution in [0.5, 0.6) is 0 Å². The molecule has 1 saturated heterocycles. The van der Waals surface area contributed by atoms with Crippen molar-refractivity contribution in [3.8, 4) is 0 Å². The molecule has 4 nitrogen and oxygen atoms in total. The van der Waals surface area contributed by atoms with Crippen LogP contribution in [0.1, 0.15) is 25.3 Å². The molecule has 20 heavy (non-hydrogen) atoms. The Hall–Kier alpha value is 0.0500. The molecule has 0 radical (unpaired) electrons. The first kappa shape index (κ1) is 16.4. The summed E-state index contributed by atoms with van der Waals surface area (Å²) < 4.78 is 28.6. The summed E-state index contributed by atoms with van der Waals surface area (Å²) in [6.45, 7) is 4.31. The third kappa shape index (κ3) is 3.11. The second kappa shape index (κ2) is 6.04. The third-order valence-electron chi connectivity index (χ3n) is 3.66. The summed E-state index contributed by atoms with van der Waals surface area (Å²) in [5, 5.41) is 0. The van der Waals surface area contributed by atoms with Crippen LogP contribution < -0.4 is 5.73 Å². The number of hydrogen-bond donors (Lipinski definition) is 1. The monoisotopic (exact) mass is 424 g/mol. The molecule has 112 valence electrons. The Morgan fingerprint density at radius 3 is 2.55 bits per heavy atom. The van der Waals surface area contributed by atoms with Crippen molar-refractivity contribution in [3.63, 3.8) is 0 Å². The lowest BCUT2D eigenvalue weighted by atomic mass is 10.0. The van der Waals surface area contributed by atoms with Gasteiger partial charge in [-0.1, -0.05) is 15.9 Å². The maximum atomic E-state index is 12.8. The largest absolute Gasteiger partial charge is 0.328 e. The standard InChI is InChI=1S/C13H18Br2N2O2S/c1-8-5-12(15)13(7-11(8)14)20(18,19)17-4-3-10(16)6-9(17)2/h5,7,9-10H,3-4,6,16H2,1-2H3. The molecule has 2 atom stereocenters. The van der Waals surface area contributed by atoms with E-state index in [0.29, 0.717) is 28.8 Å². The van der Waals surface area contributed by atoms with E-state index < -0.39 is 10.0 Å². The average Bonchev–Trinajstić information content (AvgIpc) is 2.33. The van der Waals surface area contributed by atoms with Crippen LogP contribution in [0.4, 0.5) is 0 Å². The molecule has 0 saturated carbocycles. The van der Waals surface area contributed by atoms with Crippen molar-refractivity contribution in [1.82, 2.24) is 4.31 Å². The van der Waals surface area contributed by atoms with Gasteiger partial charge in [-0.05, 0) is 60.3 Å². The van der Waals surface area contributed by atoms with E-state index in [9.17, 15) is 8.42 Å². The summed E-state index contributed by atoms with van der Waals surface area (Å²) >= 11 is 6.76. The predicted octanol–water partition coefficient (Wildman–Crippen LogP) is 3.02. The Balaban J connectivity index is 2.43. The number of hydrogen-bond acceptors (Lipinski definition) is 3. The summed E-state index contributed by atoms with van der Waals surface area (Å²) in [6, 6.07) is 3.49.